The van der Waals surface area contributed by atoms with Gasteiger partial charge in [-0.25, -0.2) is 0 Å². The van der Waals surface area contributed by atoms with Gasteiger partial charge in [-0.3, -0.25) is 4.79 Å². The van der Waals surface area contributed by atoms with Gasteiger partial charge in [0.25, 0.3) is 0 Å². The molecule has 3 N–H and O–H groups in total. The van der Waals surface area contributed by atoms with Crippen LogP contribution in [-0.2, 0) is 4.79 Å². The first-order chi connectivity index (χ1) is 8.50. The summed E-state index contributed by atoms with van der Waals surface area (Å²) >= 11 is 0. The van der Waals surface area contributed by atoms with Gasteiger partial charge in [-0.05, 0) is 38.1 Å². The first kappa shape index (κ1) is 15.4. The van der Waals surface area contributed by atoms with Gasteiger partial charge in [0.1, 0.15) is 6.04 Å². The molecule has 4 heteroatoms. The summed E-state index contributed by atoms with van der Waals surface area (Å²) in [5, 5.41) is 8.83. The van der Waals surface area contributed by atoms with Crippen LogP contribution in [0.25, 0.3) is 0 Å². The lowest BCUT2D eigenvalue weighted by atomic mass is 10.1. The fourth-order valence-corrected chi connectivity index (χ4v) is 2.60. The van der Waals surface area contributed by atoms with Gasteiger partial charge in [0.15, 0.2) is 0 Å². The molecule has 0 spiro atoms. The lowest BCUT2D eigenvalue weighted by molar-refractivity contribution is -0.138. The summed E-state index contributed by atoms with van der Waals surface area (Å²) < 4.78 is 0. The highest BCUT2D eigenvalue weighted by molar-refractivity contribution is 5.72. The first-order valence-electron chi connectivity index (χ1n) is 7.23. The highest BCUT2D eigenvalue weighted by atomic mass is 16.4. The second kappa shape index (κ2) is 7.74. The smallest absolute Gasteiger partial charge is 0.320 e. The van der Waals surface area contributed by atoms with Crippen LogP contribution in [0.3, 0.4) is 0 Å². The van der Waals surface area contributed by atoms with Gasteiger partial charge in [-0.1, -0.05) is 26.7 Å². The van der Waals surface area contributed by atoms with Crippen LogP contribution in [0.15, 0.2) is 0 Å². The molecule has 0 aromatic rings. The van der Waals surface area contributed by atoms with Crippen molar-refractivity contribution in [2.24, 2.45) is 11.7 Å². The molecule has 1 aliphatic carbocycles. The zero-order chi connectivity index (χ0) is 13.5. The average molecular weight is 256 g/mol. The summed E-state index contributed by atoms with van der Waals surface area (Å²) in [7, 11) is 0. The van der Waals surface area contributed by atoms with Crippen LogP contribution < -0.4 is 5.73 Å². The van der Waals surface area contributed by atoms with E-state index in [2.05, 4.69) is 18.7 Å². The summed E-state index contributed by atoms with van der Waals surface area (Å²) in [6.45, 7) is 6.37. The maximum atomic E-state index is 10.8. The molecule has 0 amide bonds. The summed E-state index contributed by atoms with van der Waals surface area (Å²) in [5.74, 6) is -0.188. The van der Waals surface area contributed by atoms with Gasteiger partial charge in [-0.15, -0.1) is 0 Å². The van der Waals surface area contributed by atoms with E-state index in [0.29, 0.717) is 18.4 Å². The zero-order valence-electron chi connectivity index (χ0n) is 11.8. The standard InChI is InChI=1S/C14H28N2O2/c1-11(2)7-9-16(12-5-3-4-6-12)10-8-13(15)14(17)18/h11-13H,3-10,15H2,1-2H3,(H,17,18). The minimum absolute atomic E-state index is 0.559. The maximum absolute atomic E-state index is 10.8. The van der Waals surface area contributed by atoms with Crippen molar-refractivity contribution in [3.05, 3.63) is 0 Å². The third kappa shape index (κ3) is 5.36. The fourth-order valence-electron chi connectivity index (χ4n) is 2.60. The van der Waals surface area contributed by atoms with Crippen molar-refractivity contribution in [1.82, 2.24) is 4.90 Å². The maximum Gasteiger partial charge on any atom is 0.320 e. The lowest BCUT2D eigenvalue weighted by Gasteiger charge is -2.30. The van der Waals surface area contributed by atoms with Gasteiger partial charge >= 0.3 is 5.97 Å². The second-order valence-electron chi connectivity index (χ2n) is 5.89. The van der Waals surface area contributed by atoms with E-state index in [9.17, 15) is 4.79 Å². The Bertz CT molecular complexity index is 250. The largest absolute Gasteiger partial charge is 0.480 e. The molecule has 1 fully saturated rings. The van der Waals surface area contributed by atoms with Crippen molar-refractivity contribution in [3.8, 4) is 0 Å². The molecule has 0 bridgehead atoms. The number of aliphatic carboxylic acids is 1. The van der Waals surface area contributed by atoms with E-state index in [4.69, 9.17) is 10.8 Å². The molecule has 0 aliphatic heterocycles. The van der Waals surface area contributed by atoms with E-state index in [1.54, 1.807) is 0 Å². The highest BCUT2D eigenvalue weighted by Crippen LogP contribution is 2.24. The Morgan fingerprint density at radius 2 is 1.83 bits per heavy atom. The van der Waals surface area contributed by atoms with Crippen LogP contribution in [0, 0.1) is 5.92 Å². The molecule has 1 unspecified atom stereocenters. The second-order valence-corrected chi connectivity index (χ2v) is 5.89. The Balaban J connectivity index is 2.40. The Hall–Kier alpha value is -0.610. The molecule has 18 heavy (non-hydrogen) atoms. The van der Waals surface area contributed by atoms with Gasteiger partial charge in [0.2, 0.25) is 0 Å². The van der Waals surface area contributed by atoms with E-state index in [-0.39, 0.29) is 0 Å². The van der Waals surface area contributed by atoms with Crippen molar-refractivity contribution >= 4 is 5.97 Å². The zero-order valence-corrected chi connectivity index (χ0v) is 11.8. The van der Waals surface area contributed by atoms with Crippen molar-refractivity contribution < 1.29 is 9.90 Å². The molecular weight excluding hydrogens is 228 g/mol. The van der Waals surface area contributed by atoms with Crippen LogP contribution >= 0.6 is 0 Å². The third-order valence-corrected chi connectivity index (χ3v) is 3.88. The van der Waals surface area contributed by atoms with E-state index in [0.717, 1.165) is 13.1 Å². The highest BCUT2D eigenvalue weighted by Gasteiger charge is 2.23. The van der Waals surface area contributed by atoms with Crippen LogP contribution in [-0.4, -0.2) is 41.1 Å². The van der Waals surface area contributed by atoms with Gasteiger partial charge in [0.05, 0.1) is 0 Å². The monoisotopic (exact) mass is 256 g/mol. The number of carboxylic acid groups (broad SMARTS) is 1. The quantitative estimate of drug-likeness (QED) is 0.698. The Morgan fingerprint density at radius 1 is 1.28 bits per heavy atom. The number of rotatable bonds is 8. The van der Waals surface area contributed by atoms with Gasteiger partial charge in [-0.2, -0.15) is 0 Å². The summed E-state index contributed by atoms with van der Waals surface area (Å²) in [5.41, 5.74) is 5.59. The minimum Gasteiger partial charge on any atom is -0.480 e. The molecular formula is C14H28N2O2. The summed E-state index contributed by atoms with van der Waals surface area (Å²) in [6.07, 6.45) is 6.89. The fraction of sp³-hybridized carbons (Fsp3) is 0.929. The predicted molar refractivity (Wildman–Crippen MR) is 73.5 cm³/mol. The summed E-state index contributed by atoms with van der Waals surface area (Å²) in [6, 6.07) is -0.0577. The topological polar surface area (TPSA) is 66.6 Å². The number of hydrogen-bond acceptors (Lipinski definition) is 3. The molecule has 0 saturated heterocycles. The normalized spacial score (nSPS) is 18.7. The molecule has 0 aromatic carbocycles. The van der Waals surface area contributed by atoms with Crippen molar-refractivity contribution in [2.75, 3.05) is 13.1 Å². The average Bonchev–Trinajstić information content (AvgIpc) is 2.81. The molecule has 0 heterocycles. The summed E-state index contributed by atoms with van der Waals surface area (Å²) in [4.78, 5) is 13.2. The third-order valence-electron chi connectivity index (χ3n) is 3.88. The van der Waals surface area contributed by atoms with Gasteiger partial charge in [0, 0.05) is 12.6 Å². The van der Waals surface area contributed by atoms with Crippen molar-refractivity contribution in [2.45, 2.75) is 64.5 Å². The lowest BCUT2D eigenvalue weighted by Crippen LogP contribution is -2.40. The molecule has 4 nitrogen and oxygen atoms in total. The van der Waals surface area contributed by atoms with Crippen LogP contribution in [0.4, 0.5) is 0 Å². The number of carboxylic acids is 1. The van der Waals surface area contributed by atoms with Crippen LogP contribution in [0.1, 0.15) is 52.4 Å². The van der Waals surface area contributed by atoms with Crippen LogP contribution in [0.2, 0.25) is 0 Å². The predicted octanol–water partition coefficient (Wildman–Crippen LogP) is 2.08. The minimum atomic E-state index is -0.884. The Morgan fingerprint density at radius 3 is 2.33 bits per heavy atom. The number of nitrogens with zero attached hydrogens (tertiary/aromatic N) is 1. The van der Waals surface area contributed by atoms with Gasteiger partial charge < -0.3 is 15.7 Å². The Kier molecular flexibility index (Phi) is 6.65. The molecule has 1 atom stereocenters. The molecule has 1 saturated carbocycles. The molecule has 1 rings (SSSR count). The number of nitrogens with two attached hydrogens (primary N) is 1. The van der Waals surface area contributed by atoms with E-state index < -0.39 is 12.0 Å². The molecule has 106 valence electrons. The van der Waals surface area contributed by atoms with Crippen LogP contribution in [0.5, 0.6) is 0 Å². The SMILES string of the molecule is CC(C)CCN(CCC(N)C(=O)O)C1CCCC1. The first-order valence-corrected chi connectivity index (χ1v) is 7.23. The van der Waals surface area contributed by atoms with E-state index in [1.807, 2.05) is 0 Å². The van der Waals surface area contributed by atoms with E-state index >= 15 is 0 Å². The molecule has 1 aliphatic rings. The number of hydrogen-bond donors (Lipinski definition) is 2. The van der Waals surface area contributed by atoms with Crippen molar-refractivity contribution in [1.29, 1.82) is 0 Å². The number of carbonyl (C=O) groups is 1. The molecule has 0 radical (unpaired) electrons. The molecule has 0 aromatic heterocycles. The van der Waals surface area contributed by atoms with Crippen molar-refractivity contribution in [3.63, 3.8) is 0 Å². The Labute approximate surface area is 111 Å². The van der Waals surface area contributed by atoms with E-state index in [1.165, 1.54) is 32.1 Å².